The number of aromatic nitrogens is 3. The Hall–Kier alpha value is -1.66. The van der Waals surface area contributed by atoms with Crippen molar-refractivity contribution in [3.8, 4) is 0 Å². The van der Waals surface area contributed by atoms with Gasteiger partial charge in [-0.15, -0.1) is 5.10 Å². The van der Waals surface area contributed by atoms with Gasteiger partial charge in [0, 0.05) is 13.1 Å². The highest BCUT2D eigenvalue weighted by molar-refractivity contribution is 5.06. The molecule has 0 bridgehead atoms. The van der Waals surface area contributed by atoms with E-state index in [1.165, 1.54) is 0 Å². The van der Waals surface area contributed by atoms with Gasteiger partial charge in [0.15, 0.2) is 0 Å². The highest BCUT2D eigenvalue weighted by Gasteiger charge is 2.36. The minimum absolute atomic E-state index is 0.263. The summed E-state index contributed by atoms with van der Waals surface area (Å²) in [6, 6.07) is 4.34. The van der Waals surface area contributed by atoms with Gasteiger partial charge in [0.05, 0.1) is 37.2 Å². The van der Waals surface area contributed by atoms with Gasteiger partial charge >= 0.3 is 0 Å². The first-order valence-corrected chi connectivity index (χ1v) is 7.08. The summed E-state index contributed by atoms with van der Waals surface area (Å²) in [5.41, 5.74) is 1.07. The van der Waals surface area contributed by atoms with Crippen molar-refractivity contribution in [3.63, 3.8) is 0 Å². The molecule has 0 aromatic carbocycles. The van der Waals surface area contributed by atoms with Crippen LogP contribution in [-0.2, 0) is 17.9 Å². The predicted molar refractivity (Wildman–Crippen MR) is 71.0 cm³/mol. The van der Waals surface area contributed by atoms with Gasteiger partial charge in [0.25, 0.3) is 0 Å². The van der Waals surface area contributed by atoms with Crippen LogP contribution >= 0.6 is 0 Å². The van der Waals surface area contributed by atoms with Crippen LogP contribution in [0, 0.1) is 6.92 Å². The summed E-state index contributed by atoms with van der Waals surface area (Å²) in [5.74, 6) is 1.99. The van der Waals surface area contributed by atoms with Gasteiger partial charge in [0.1, 0.15) is 11.5 Å². The van der Waals surface area contributed by atoms with Gasteiger partial charge in [-0.1, -0.05) is 5.21 Å². The molecule has 2 aromatic heterocycles. The molecule has 2 aliphatic rings. The van der Waals surface area contributed by atoms with Crippen LogP contribution in [0.2, 0.25) is 0 Å². The smallest absolute Gasteiger partial charge is 0.118 e. The number of ether oxygens (including phenoxy) is 1. The predicted octanol–water partition coefficient (Wildman–Crippen LogP) is 1.53. The number of hydrogen-bond donors (Lipinski definition) is 0. The average Bonchev–Trinajstić information content (AvgIpc) is 3.07. The summed E-state index contributed by atoms with van der Waals surface area (Å²) >= 11 is 0. The molecule has 0 N–H and O–H groups in total. The SMILES string of the molecule is Cc1ccc(CN2CC[C@H]3OCc4cnnn4[C@@H]3C2)o1. The first kappa shape index (κ1) is 12.1. The van der Waals surface area contributed by atoms with Crippen LogP contribution < -0.4 is 0 Å². The molecule has 2 aliphatic heterocycles. The van der Waals surface area contributed by atoms with E-state index < -0.39 is 0 Å². The standard InChI is InChI=1S/C14H18N4O2/c1-10-2-3-12(20-10)7-17-5-4-14-13(8-17)18-11(9-19-14)6-15-16-18/h2-3,6,13-14H,4-5,7-9H2,1H3/t13-,14-/m1/s1. The zero-order valence-corrected chi connectivity index (χ0v) is 11.5. The zero-order valence-electron chi connectivity index (χ0n) is 11.5. The van der Waals surface area contributed by atoms with E-state index in [-0.39, 0.29) is 12.1 Å². The van der Waals surface area contributed by atoms with Crippen molar-refractivity contribution in [2.45, 2.75) is 38.6 Å². The lowest BCUT2D eigenvalue weighted by atomic mass is 10.0. The third kappa shape index (κ3) is 2.05. The summed E-state index contributed by atoms with van der Waals surface area (Å²) in [5, 5.41) is 8.23. The maximum Gasteiger partial charge on any atom is 0.118 e. The van der Waals surface area contributed by atoms with Gasteiger partial charge in [-0.3, -0.25) is 4.90 Å². The second kappa shape index (κ2) is 4.71. The molecule has 1 fully saturated rings. The summed E-state index contributed by atoms with van der Waals surface area (Å²) in [4.78, 5) is 2.40. The van der Waals surface area contributed by atoms with Gasteiger partial charge in [-0.25, -0.2) is 4.68 Å². The number of furan rings is 1. The van der Waals surface area contributed by atoms with Crippen molar-refractivity contribution in [1.29, 1.82) is 0 Å². The van der Waals surface area contributed by atoms with Crippen molar-refractivity contribution in [2.24, 2.45) is 0 Å². The molecule has 0 unspecified atom stereocenters. The number of aryl methyl sites for hydroxylation is 1. The van der Waals surface area contributed by atoms with Crippen molar-refractivity contribution < 1.29 is 9.15 Å². The average molecular weight is 274 g/mol. The Bertz CT molecular complexity index is 606. The van der Waals surface area contributed by atoms with Crippen LogP contribution in [0.25, 0.3) is 0 Å². The van der Waals surface area contributed by atoms with Crippen LogP contribution in [0.5, 0.6) is 0 Å². The molecule has 4 heterocycles. The molecule has 4 rings (SSSR count). The van der Waals surface area contributed by atoms with Crippen molar-refractivity contribution in [1.82, 2.24) is 19.9 Å². The first-order chi connectivity index (χ1) is 9.79. The van der Waals surface area contributed by atoms with Crippen LogP contribution in [0.3, 0.4) is 0 Å². The molecule has 6 nitrogen and oxygen atoms in total. The largest absolute Gasteiger partial charge is 0.465 e. The van der Waals surface area contributed by atoms with Crippen LogP contribution in [0.4, 0.5) is 0 Å². The van der Waals surface area contributed by atoms with Crippen LogP contribution in [-0.4, -0.2) is 39.1 Å². The highest BCUT2D eigenvalue weighted by atomic mass is 16.5. The van der Waals surface area contributed by atoms with Crippen LogP contribution in [0.1, 0.15) is 29.7 Å². The monoisotopic (exact) mass is 274 g/mol. The molecule has 20 heavy (non-hydrogen) atoms. The van der Waals surface area contributed by atoms with Gasteiger partial charge in [-0.2, -0.15) is 0 Å². The van der Waals surface area contributed by atoms with Gasteiger partial charge in [0.2, 0.25) is 0 Å². The Morgan fingerprint density at radius 2 is 2.35 bits per heavy atom. The number of rotatable bonds is 2. The second-order valence-corrected chi connectivity index (χ2v) is 5.62. The van der Waals surface area contributed by atoms with E-state index in [0.717, 1.165) is 43.3 Å². The number of fused-ring (bicyclic) bond motifs is 3. The lowest BCUT2D eigenvalue weighted by molar-refractivity contribution is -0.0677. The molecular formula is C14H18N4O2. The highest BCUT2D eigenvalue weighted by Crippen LogP contribution is 2.30. The number of likely N-dealkylation sites (tertiary alicyclic amines) is 1. The van der Waals surface area contributed by atoms with Gasteiger partial charge < -0.3 is 9.15 Å². The zero-order chi connectivity index (χ0) is 13.5. The lowest BCUT2D eigenvalue weighted by Crippen LogP contribution is -2.47. The van der Waals surface area contributed by atoms with Crippen molar-refractivity contribution >= 4 is 0 Å². The minimum Gasteiger partial charge on any atom is -0.465 e. The quantitative estimate of drug-likeness (QED) is 0.831. The Morgan fingerprint density at radius 3 is 3.20 bits per heavy atom. The molecule has 0 spiro atoms. The molecule has 0 amide bonds. The Balaban J connectivity index is 1.51. The second-order valence-electron chi connectivity index (χ2n) is 5.62. The molecule has 2 aromatic rings. The fourth-order valence-corrected chi connectivity index (χ4v) is 3.18. The molecule has 0 saturated carbocycles. The summed E-state index contributed by atoms with van der Waals surface area (Å²) in [7, 11) is 0. The minimum atomic E-state index is 0.263. The first-order valence-electron chi connectivity index (χ1n) is 7.08. The molecular weight excluding hydrogens is 256 g/mol. The third-order valence-electron chi connectivity index (χ3n) is 4.19. The molecule has 0 aliphatic carbocycles. The maximum atomic E-state index is 5.92. The number of hydrogen-bond acceptors (Lipinski definition) is 5. The third-order valence-corrected chi connectivity index (χ3v) is 4.19. The van der Waals surface area contributed by atoms with E-state index in [9.17, 15) is 0 Å². The molecule has 6 heteroatoms. The van der Waals surface area contributed by atoms with Crippen LogP contribution in [0.15, 0.2) is 22.7 Å². The molecule has 2 atom stereocenters. The lowest BCUT2D eigenvalue weighted by Gasteiger charge is -2.40. The normalized spacial score (nSPS) is 26.2. The van der Waals surface area contributed by atoms with Crippen molar-refractivity contribution in [3.05, 3.63) is 35.5 Å². The van der Waals surface area contributed by atoms with E-state index in [1.807, 2.05) is 17.7 Å². The molecule has 106 valence electrons. The van der Waals surface area contributed by atoms with E-state index in [1.54, 1.807) is 6.20 Å². The van der Waals surface area contributed by atoms with E-state index in [0.29, 0.717) is 6.61 Å². The summed E-state index contributed by atoms with van der Waals surface area (Å²) < 4.78 is 13.6. The van der Waals surface area contributed by atoms with Crippen molar-refractivity contribution in [2.75, 3.05) is 13.1 Å². The number of nitrogens with zero attached hydrogens (tertiary/aromatic N) is 4. The molecule has 0 radical (unpaired) electrons. The Labute approximate surface area is 117 Å². The Morgan fingerprint density at radius 1 is 1.40 bits per heavy atom. The maximum absolute atomic E-state index is 5.92. The van der Waals surface area contributed by atoms with E-state index in [2.05, 4.69) is 21.3 Å². The Kier molecular flexibility index (Phi) is 2.85. The summed E-state index contributed by atoms with van der Waals surface area (Å²) in [6.07, 6.45) is 3.09. The molecule has 1 saturated heterocycles. The van der Waals surface area contributed by atoms with E-state index in [4.69, 9.17) is 9.15 Å². The topological polar surface area (TPSA) is 56.3 Å². The number of piperidine rings is 1. The van der Waals surface area contributed by atoms with E-state index >= 15 is 0 Å². The fourth-order valence-electron chi connectivity index (χ4n) is 3.18. The fraction of sp³-hybridized carbons (Fsp3) is 0.571. The summed E-state index contributed by atoms with van der Waals surface area (Å²) in [6.45, 7) is 5.42. The van der Waals surface area contributed by atoms with Gasteiger partial charge in [-0.05, 0) is 25.5 Å².